The summed E-state index contributed by atoms with van der Waals surface area (Å²) in [7, 11) is 0. The second-order valence-corrected chi connectivity index (χ2v) is 13.9. The highest BCUT2D eigenvalue weighted by atomic mass is 16.5. The van der Waals surface area contributed by atoms with Crippen LogP contribution in [0.2, 0.25) is 0 Å². The second kappa shape index (κ2) is 14.0. The first kappa shape index (κ1) is 32.9. The molecule has 1 aromatic carbocycles. The Kier molecular flexibility index (Phi) is 11.5. The fraction of sp³-hybridized carbons (Fsp3) is 0.784. The Morgan fingerprint density at radius 3 is 2.40 bits per heavy atom. The molecule has 3 nitrogen and oxygen atoms in total. The summed E-state index contributed by atoms with van der Waals surface area (Å²) in [5.74, 6) is 6.08. The summed E-state index contributed by atoms with van der Waals surface area (Å²) in [6.45, 7) is 20.4. The van der Waals surface area contributed by atoms with Gasteiger partial charge in [-0.15, -0.1) is 0 Å². The van der Waals surface area contributed by atoms with Gasteiger partial charge in [0, 0.05) is 5.69 Å². The number of ether oxygens (including phenoxy) is 1. The Morgan fingerprint density at radius 1 is 1.00 bits per heavy atom. The molecule has 0 amide bonds. The first-order valence-electron chi connectivity index (χ1n) is 17.1. The van der Waals surface area contributed by atoms with Gasteiger partial charge < -0.3 is 16.2 Å². The average Bonchev–Trinajstić information content (AvgIpc) is 3.26. The summed E-state index contributed by atoms with van der Waals surface area (Å²) >= 11 is 0. The van der Waals surface area contributed by atoms with Gasteiger partial charge in [-0.1, -0.05) is 60.1 Å². The van der Waals surface area contributed by atoms with Gasteiger partial charge in [-0.25, -0.2) is 0 Å². The van der Waals surface area contributed by atoms with Crippen LogP contribution in [0.15, 0.2) is 29.8 Å². The SMILES string of the molecule is CC.CC.CC(C)=CCCC(C)C1CCC2C3CCC4CC(Oc5ccc(N)cc5N)CCC4(CCC12C)C3C. The first-order valence-corrected chi connectivity index (χ1v) is 17.1. The summed E-state index contributed by atoms with van der Waals surface area (Å²) in [6.07, 6.45) is 17.7. The highest BCUT2D eigenvalue weighted by Gasteiger charge is 2.61. The molecule has 0 radical (unpaired) electrons. The van der Waals surface area contributed by atoms with Crippen molar-refractivity contribution < 1.29 is 4.74 Å². The quantitative estimate of drug-likeness (QED) is 0.272. The van der Waals surface area contributed by atoms with Crippen molar-refractivity contribution >= 4 is 11.4 Å². The van der Waals surface area contributed by atoms with Gasteiger partial charge in [0.25, 0.3) is 0 Å². The fourth-order valence-electron chi connectivity index (χ4n) is 10.1. The van der Waals surface area contributed by atoms with Crippen molar-refractivity contribution in [2.45, 2.75) is 139 Å². The van der Waals surface area contributed by atoms with Crippen molar-refractivity contribution in [2.24, 2.45) is 46.3 Å². The van der Waals surface area contributed by atoms with E-state index in [2.05, 4.69) is 40.7 Å². The molecule has 4 saturated carbocycles. The minimum absolute atomic E-state index is 0.288. The van der Waals surface area contributed by atoms with E-state index in [0.717, 1.165) is 41.3 Å². The summed E-state index contributed by atoms with van der Waals surface area (Å²) in [4.78, 5) is 0. The predicted molar refractivity (Wildman–Crippen MR) is 175 cm³/mol. The minimum Gasteiger partial charge on any atom is -0.488 e. The van der Waals surface area contributed by atoms with Crippen LogP contribution in [0.1, 0.15) is 133 Å². The lowest BCUT2D eigenvalue weighted by Gasteiger charge is -2.56. The Bertz CT molecular complexity index is 967. The van der Waals surface area contributed by atoms with E-state index >= 15 is 0 Å². The van der Waals surface area contributed by atoms with Crippen LogP contribution in [0.3, 0.4) is 0 Å². The van der Waals surface area contributed by atoms with E-state index in [1.807, 2.05) is 45.9 Å². The van der Waals surface area contributed by atoms with Gasteiger partial charge in [0.05, 0.1) is 11.8 Å². The van der Waals surface area contributed by atoms with E-state index < -0.39 is 0 Å². The lowest BCUT2D eigenvalue weighted by atomic mass is 9.50. The van der Waals surface area contributed by atoms with Crippen LogP contribution in [-0.2, 0) is 0 Å². The van der Waals surface area contributed by atoms with E-state index in [1.165, 1.54) is 76.2 Å². The number of benzene rings is 1. The average molecular weight is 553 g/mol. The normalized spacial score (nSPS) is 36.7. The summed E-state index contributed by atoms with van der Waals surface area (Å²) in [5.41, 5.74) is 16.1. The van der Waals surface area contributed by atoms with Gasteiger partial charge in [-0.3, -0.25) is 0 Å². The smallest absolute Gasteiger partial charge is 0.142 e. The number of anilines is 2. The number of fused-ring (bicyclic) bond motifs is 3. The van der Waals surface area contributed by atoms with Crippen LogP contribution < -0.4 is 16.2 Å². The third-order valence-corrected chi connectivity index (χ3v) is 12.0. The third kappa shape index (κ3) is 6.39. The molecular formula is C37H64N2O. The zero-order valence-electron chi connectivity index (χ0n) is 27.7. The number of rotatable bonds is 6. The Morgan fingerprint density at radius 2 is 1.73 bits per heavy atom. The summed E-state index contributed by atoms with van der Waals surface area (Å²) < 4.78 is 6.50. The highest BCUT2D eigenvalue weighted by molar-refractivity contribution is 5.60. The molecule has 2 bridgehead atoms. The standard InChI is InChI=1S/C33H52N2O.2C2H6/c1-21(2)7-6-8-22(3)28-12-13-29-27-11-9-24-19-26(36-31-14-10-25(34)20-30(31)35)15-16-33(24,23(27)4)18-17-32(28,29)5;2*1-2/h7,10,14,20,22-24,26-29H,6,8-9,11-13,15-19,34-35H2,1-5H3;2*1-2H3. The molecule has 0 heterocycles. The molecule has 1 spiro atoms. The summed E-state index contributed by atoms with van der Waals surface area (Å²) in [5, 5.41) is 0. The highest BCUT2D eigenvalue weighted by Crippen LogP contribution is 2.69. The lowest BCUT2D eigenvalue weighted by molar-refractivity contribution is -0.0784. The van der Waals surface area contributed by atoms with Crippen LogP contribution >= 0.6 is 0 Å². The maximum absolute atomic E-state index is 6.50. The van der Waals surface area contributed by atoms with E-state index in [9.17, 15) is 0 Å². The van der Waals surface area contributed by atoms with Gasteiger partial charge in [0.15, 0.2) is 0 Å². The van der Waals surface area contributed by atoms with Crippen molar-refractivity contribution in [2.75, 3.05) is 11.5 Å². The third-order valence-electron chi connectivity index (χ3n) is 12.0. The van der Waals surface area contributed by atoms with Gasteiger partial charge in [0.2, 0.25) is 0 Å². The molecule has 0 saturated heterocycles. The zero-order chi connectivity index (χ0) is 29.7. The largest absolute Gasteiger partial charge is 0.488 e. The van der Waals surface area contributed by atoms with Crippen molar-refractivity contribution in [1.82, 2.24) is 0 Å². The van der Waals surface area contributed by atoms with Crippen LogP contribution in [0, 0.1) is 46.3 Å². The summed E-state index contributed by atoms with van der Waals surface area (Å²) in [6, 6.07) is 5.70. The van der Waals surface area contributed by atoms with E-state index in [4.69, 9.17) is 16.2 Å². The number of hydrogen-bond donors (Lipinski definition) is 2. The van der Waals surface area contributed by atoms with Gasteiger partial charge >= 0.3 is 0 Å². The molecule has 228 valence electrons. The molecule has 3 heteroatoms. The van der Waals surface area contributed by atoms with Crippen LogP contribution in [0.5, 0.6) is 5.75 Å². The number of nitrogens with two attached hydrogens (primary N) is 2. The molecule has 40 heavy (non-hydrogen) atoms. The number of hydrogen-bond acceptors (Lipinski definition) is 3. The molecule has 4 aliphatic rings. The molecule has 4 fully saturated rings. The monoisotopic (exact) mass is 553 g/mol. The molecule has 9 unspecified atom stereocenters. The van der Waals surface area contributed by atoms with E-state index in [0.29, 0.717) is 22.2 Å². The van der Waals surface area contributed by atoms with Crippen LogP contribution in [0.4, 0.5) is 11.4 Å². The molecule has 4 aliphatic carbocycles. The van der Waals surface area contributed by atoms with Gasteiger partial charge in [-0.2, -0.15) is 0 Å². The molecular weight excluding hydrogens is 488 g/mol. The van der Waals surface area contributed by atoms with Crippen molar-refractivity contribution in [1.29, 1.82) is 0 Å². The molecule has 4 N–H and O–H groups in total. The molecule has 9 atom stereocenters. The van der Waals surface area contributed by atoms with Crippen molar-refractivity contribution in [3.63, 3.8) is 0 Å². The predicted octanol–water partition coefficient (Wildman–Crippen LogP) is 10.7. The molecule has 0 aliphatic heterocycles. The van der Waals surface area contributed by atoms with E-state index in [-0.39, 0.29) is 6.10 Å². The molecule has 1 aromatic rings. The first-order chi connectivity index (χ1) is 19.1. The maximum atomic E-state index is 6.50. The second-order valence-electron chi connectivity index (χ2n) is 13.9. The number of nitrogen functional groups attached to an aromatic ring is 2. The fourth-order valence-corrected chi connectivity index (χ4v) is 10.1. The Hall–Kier alpha value is -1.64. The van der Waals surface area contributed by atoms with E-state index in [1.54, 1.807) is 0 Å². The molecule has 5 rings (SSSR count). The number of allylic oxidation sites excluding steroid dienone is 2. The van der Waals surface area contributed by atoms with Gasteiger partial charge in [0.1, 0.15) is 5.75 Å². The van der Waals surface area contributed by atoms with Gasteiger partial charge in [-0.05, 0) is 149 Å². The Balaban J connectivity index is 0.00000106. The topological polar surface area (TPSA) is 61.3 Å². The van der Waals surface area contributed by atoms with Crippen LogP contribution in [-0.4, -0.2) is 6.10 Å². The maximum Gasteiger partial charge on any atom is 0.142 e. The van der Waals surface area contributed by atoms with Crippen molar-refractivity contribution in [3.05, 3.63) is 29.8 Å². The molecule has 0 aromatic heterocycles. The van der Waals surface area contributed by atoms with Crippen LogP contribution in [0.25, 0.3) is 0 Å². The zero-order valence-corrected chi connectivity index (χ0v) is 27.7. The lowest BCUT2D eigenvalue weighted by Crippen LogP contribution is -2.49. The van der Waals surface area contributed by atoms with Crippen molar-refractivity contribution in [3.8, 4) is 5.75 Å². The minimum atomic E-state index is 0.288. The Labute approximate surface area is 248 Å².